The zero-order valence-electron chi connectivity index (χ0n) is 21.4. The van der Waals surface area contributed by atoms with Crippen LogP contribution >= 0.6 is 11.6 Å². The Morgan fingerprint density at radius 2 is 1.81 bits per heavy atom. The topological polar surface area (TPSA) is 112 Å². The molecule has 2 heterocycles. The number of carbonyl (C=O) groups excluding carboxylic acids is 3. The van der Waals surface area contributed by atoms with E-state index in [2.05, 4.69) is 16.0 Å². The van der Waals surface area contributed by atoms with Gasteiger partial charge in [0.2, 0.25) is 5.91 Å². The van der Waals surface area contributed by atoms with E-state index in [4.69, 9.17) is 11.6 Å². The summed E-state index contributed by atoms with van der Waals surface area (Å²) in [7, 11) is 0. The van der Waals surface area contributed by atoms with Gasteiger partial charge in [0.25, 0.3) is 11.8 Å². The third-order valence-electron chi connectivity index (χ3n) is 6.98. The molecule has 1 unspecified atom stereocenters. The molecule has 220 valence electrons. The van der Waals surface area contributed by atoms with Gasteiger partial charge in [-0.05, 0) is 48.9 Å². The van der Waals surface area contributed by atoms with Gasteiger partial charge in [0.1, 0.15) is 23.9 Å². The number of alkyl halides is 3. The fraction of sp³-hybridized carbons (Fsp3) is 0.250. The van der Waals surface area contributed by atoms with Crippen molar-refractivity contribution in [3.63, 3.8) is 0 Å². The third kappa shape index (κ3) is 5.88. The number of fused-ring (bicyclic) bond motifs is 1. The number of nitrogens with zero attached hydrogens (tertiary/aromatic N) is 1. The molecule has 1 aliphatic heterocycles. The summed E-state index contributed by atoms with van der Waals surface area (Å²) < 4.78 is 69.4. The van der Waals surface area contributed by atoms with Crippen LogP contribution in [0.1, 0.15) is 50.1 Å². The maximum Gasteiger partial charge on any atom is 0.416 e. The maximum absolute atomic E-state index is 14.2. The number of aliphatic hydroxyl groups excluding tert-OH is 1. The summed E-state index contributed by atoms with van der Waals surface area (Å²) in [5.74, 6) is -4.51. The fourth-order valence-electron chi connectivity index (χ4n) is 5.05. The molecule has 5 rings (SSSR count). The number of carbonyl (C=O) groups is 3. The lowest BCUT2D eigenvalue weighted by Crippen LogP contribution is -2.41. The zero-order valence-corrected chi connectivity index (χ0v) is 22.2. The molecule has 2 aliphatic rings. The number of aromatic nitrogens is 1. The number of benzene rings is 2. The van der Waals surface area contributed by atoms with Gasteiger partial charge in [0.05, 0.1) is 23.0 Å². The predicted octanol–water partition coefficient (Wildman–Crippen LogP) is 4.58. The molecular formula is C28H22ClF5N4O4. The summed E-state index contributed by atoms with van der Waals surface area (Å²) in [6.45, 7) is -0.513. The molecule has 42 heavy (non-hydrogen) atoms. The largest absolute Gasteiger partial charge is 0.416 e. The molecule has 3 aromatic rings. The first-order valence-corrected chi connectivity index (χ1v) is 13.0. The Bertz CT molecular complexity index is 1620. The van der Waals surface area contributed by atoms with Crippen LogP contribution in [-0.4, -0.2) is 40.0 Å². The Hall–Kier alpha value is -4.23. The Morgan fingerprint density at radius 1 is 1.05 bits per heavy atom. The van der Waals surface area contributed by atoms with E-state index >= 15 is 0 Å². The van der Waals surface area contributed by atoms with Crippen molar-refractivity contribution in [1.82, 2.24) is 15.2 Å². The molecule has 0 bridgehead atoms. The molecule has 8 nitrogen and oxygen atoms in total. The first kappa shape index (κ1) is 29.3. The molecule has 3 amide bonds. The molecule has 0 saturated heterocycles. The van der Waals surface area contributed by atoms with Gasteiger partial charge in [-0.2, -0.15) is 13.2 Å². The molecule has 0 saturated carbocycles. The van der Waals surface area contributed by atoms with Gasteiger partial charge in [-0.1, -0.05) is 23.8 Å². The quantitative estimate of drug-likeness (QED) is 0.243. The van der Waals surface area contributed by atoms with Gasteiger partial charge in [0.15, 0.2) is 0 Å². The second kappa shape index (κ2) is 11.2. The molecule has 0 fully saturated rings. The number of rotatable bonds is 6. The van der Waals surface area contributed by atoms with Gasteiger partial charge >= 0.3 is 6.18 Å². The number of hydrogen-bond acceptors (Lipinski definition) is 4. The zero-order chi connectivity index (χ0) is 30.3. The van der Waals surface area contributed by atoms with E-state index < -0.39 is 65.3 Å². The van der Waals surface area contributed by atoms with Crippen LogP contribution in [0.15, 0.2) is 54.6 Å². The van der Waals surface area contributed by atoms with Crippen molar-refractivity contribution in [2.24, 2.45) is 5.92 Å². The first-order chi connectivity index (χ1) is 19.8. The number of halogens is 6. The van der Waals surface area contributed by atoms with Crippen molar-refractivity contribution >= 4 is 35.0 Å². The predicted molar refractivity (Wildman–Crippen MR) is 141 cm³/mol. The number of hydrogen-bond donors (Lipinski definition) is 4. The monoisotopic (exact) mass is 608 g/mol. The SMILES string of the molecule is O=C1Cn2c(C(=O)N[C@@H]3C=C[C@H](CO)C3)cc(NC(=O)c3cc(F)cc(C(F)(F)F)c3)c2C(c2cc(F)ccc2Cl)N1. The van der Waals surface area contributed by atoms with Crippen molar-refractivity contribution in [1.29, 1.82) is 0 Å². The van der Waals surface area contributed by atoms with E-state index in [1.807, 2.05) is 0 Å². The standard InChI is InChI=1S/C28H22ClF5N4O4/c29-20-4-2-16(30)9-19(20)24-25-21(36-26(41)14-6-15(28(32,33)34)8-17(31)7-14)10-22(38(25)11-23(40)37-24)27(42)35-18-3-1-13(5-18)12-39/h1-4,6-10,13,18,24,39H,5,11-12H2,(H,35,42)(H,36,41)(H,37,40)/t13-,18+,24?/m0/s1. The maximum atomic E-state index is 14.2. The molecule has 14 heteroatoms. The molecule has 2 aromatic carbocycles. The molecule has 0 spiro atoms. The van der Waals surface area contributed by atoms with Gasteiger partial charge in [-0.25, -0.2) is 8.78 Å². The van der Waals surface area contributed by atoms with Gasteiger partial charge in [-0.3, -0.25) is 14.4 Å². The van der Waals surface area contributed by atoms with Gasteiger partial charge in [-0.15, -0.1) is 0 Å². The lowest BCUT2D eigenvalue weighted by molar-refractivity contribution is -0.137. The molecule has 1 aromatic heterocycles. The highest BCUT2D eigenvalue weighted by molar-refractivity contribution is 6.31. The lowest BCUT2D eigenvalue weighted by atomic mass is 10.0. The summed E-state index contributed by atoms with van der Waals surface area (Å²) in [6.07, 6.45) is -1.06. The Kier molecular flexibility index (Phi) is 7.82. The van der Waals surface area contributed by atoms with Crippen molar-refractivity contribution in [3.05, 3.63) is 99.4 Å². The highest BCUT2D eigenvalue weighted by atomic mass is 35.5. The van der Waals surface area contributed by atoms with Crippen molar-refractivity contribution in [2.45, 2.75) is 31.2 Å². The van der Waals surface area contributed by atoms with E-state index in [1.165, 1.54) is 16.7 Å². The van der Waals surface area contributed by atoms with Crippen molar-refractivity contribution in [3.8, 4) is 0 Å². The number of amides is 3. The Morgan fingerprint density at radius 3 is 2.50 bits per heavy atom. The fourth-order valence-corrected chi connectivity index (χ4v) is 5.28. The summed E-state index contributed by atoms with van der Waals surface area (Å²) in [4.78, 5) is 39.3. The van der Waals surface area contributed by atoms with E-state index in [0.717, 1.165) is 12.1 Å². The summed E-state index contributed by atoms with van der Waals surface area (Å²) >= 11 is 6.32. The highest BCUT2D eigenvalue weighted by Gasteiger charge is 2.36. The Balaban J connectivity index is 1.58. The minimum atomic E-state index is -4.93. The molecule has 3 atom stereocenters. The van der Waals surface area contributed by atoms with Crippen LogP contribution in [0.25, 0.3) is 0 Å². The van der Waals surface area contributed by atoms with E-state index in [9.17, 15) is 41.4 Å². The second-order valence-electron chi connectivity index (χ2n) is 9.90. The normalized spacial score (nSPS) is 19.8. The molecule has 1 aliphatic carbocycles. The minimum absolute atomic E-state index is 0.0470. The van der Waals surface area contributed by atoms with E-state index in [-0.39, 0.29) is 46.3 Å². The smallest absolute Gasteiger partial charge is 0.396 e. The minimum Gasteiger partial charge on any atom is -0.396 e. The average molecular weight is 609 g/mol. The summed E-state index contributed by atoms with van der Waals surface area (Å²) in [5.41, 5.74) is -2.06. The van der Waals surface area contributed by atoms with Gasteiger partial charge < -0.3 is 25.6 Å². The van der Waals surface area contributed by atoms with Crippen LogP contribution in [-0.2, 0) is 17.5 Å². The highest BCUT2D eigenvalue weighted by Crippen LogP contribution is 2.38. The first-order valence-electron chi connectivity index (χ1n) is 12.6. The Labute approximate surface area is 240 Å². The van der Waals surface area contributed by atoms with Crippen LogP contribution in [0.5, 0.6) is 0 Å². The van der Waals surface area contributed by atoms with Crippen molar-refractivity contribution < 1.29 is 41.4 Å². The summed E-state index contributed by atoms with van der Waals surface area (Å²) in [6, 6.07) is 4.32. The summed E-state index contributed by atoms with van der Waals surface area (Å²) in [5, 5.41) is 17.3. The van der Waals surface area contributed by atoms with Crippen LogP contribution in [0.2, 0.25) is 5.02 Å². The van der Waals surface area contributed by atoms with Crippen molar-refractivity contribution in [2.75, 3.05) is 11.9 Å². The second-order valence-corrected chi connectivity index (χ2v) is 10.3. The van der Waals surface area contributed by atoms with Gasteiger partial charge in [0, 0.05) is 34.7 Å². The molecule has 0 radical (unpaired) electrons. The van der Waals surface area contributed by atoms with E-state index in [1.54, 1.807) is 12.2 Å². The average Bonchev–Trinajstić information content (AvgIpc) is 3.53. The van der Waals surface area contributed by atoms with Crippen LogP contribution in [0.4, 0.5) is 27.6 Å². The number of aliphatic hydroxyl groups is 1. The third-order valence-corrected chi connectivity index (χ3v) is 7.32. The number of anilines is 1. The van der Waals surface area contributed by atoms with Crippen LogP contribution in [0.3, 0.4) is 0 Å². The van der Waals surface area contributed by atoms with Crippen LogP contribution < -0.4 is 16.0 Å². The lowest BCUT2D eigenvalue weighted by Gasteiger charge is -2.29. The van der Waals surface area contributed by atoms with E-state index in [0.29, 0.717) is 18.6 Å². The van der Waals surface area contributed by atoms with Crippen LogP contribution in [0, 0.1) is 17.6 Å². The number of nitrogens with one attached hydrogen (secondary N) is 3. The molecular weight excluding hydrogens is 587 g/mol. The molecule has 4 N–H and O–H groups in total.